The van der Waals surface area contributed by atoms with E-state index in [1.54, 1.807) is 36.4 Å². The van der Waals surface area contributed by atoms with Crippen molar-refractivity contribution in [2.45, 2.75) is 32.8 Å². The van der Waals surface area contributed by atoms with Crippen LogP contribution >= 0.6 is 0 Å². The molecule has 3 rings (SSSR count). The molecule has 2 aromatic carbocycles. The van der Waals surface area contributed by atoms with E-state index in [-0.39, 0.29) is 17.0 Å². The minimum atomic E-state index is -1.04. The van der Waals surface area contributed by atoms with E-state index in [1.165, 1.54) is 25.3 Å². The summed E-state index contributed by atoms with van der Waals surface area (Å²) >= 11 is 0. The second kappa shape index (κ2) is 9.75. The van der Waals surface area contributed by atoms with Gasteiger partial charge in [0, 0.05) is 5.69 Å². The summed E-state index contributed by atoms with van der Waals surface area (Å²) in [5, 5.41) is 5.35. The molecular formula is C24H24N2O5. The van der Waals surface area contributed by atoms with Crippen LogP contribution in [0.5, 0.6) is 0 Å². The smallest absolute Gasteiger partial charge is 0.341 e. The molecule has 0 saturated carbocycles. The molecule has 160 valence electrons. The predicted molar refractivity (Wildman–Crippen MR) is 117 cm³/mol. The first kappa shape index (κ1) is 21.8. The number of carbonyl (C=O) groups excluding carboxylic acids is 3. The van der Waals surface area contributed by atoms with Crippen molar-refractivity contribution in [3.8, 4) is 0 Å². The molecule has 1 aromatic heterocycles. The molecule has 0 aliphatic rings. The van der Waals surface area contributed by atoms with Crippen molar-refractivity contribution >= 4 is 29.2 Å². The normalized spacial score (nSPS) is 11.6. The highest BCUT2D eigenvalue weighted by molar-refractivity contribution is 6.07. The predicted octanol–water partition coefficient (Wildman–Crippen LogP) is 4.84. The lowest BCUT2D eigenvalue weighted by atomic mass is 10.0. The number of carbonyl (C=O) groups is 3. The third-order valence-corrected chi connectivity index (χ3v) is 4.64. The van der Waals surface area contributed by atoms with Gasteiger partial charge < -0.3 is 19.8 Å². The van der Waals surface area contributed by atoms with E-state index >= 15 is 0 Å². The van der Waals surface area contributed by atoms with Crippen LogP contribution in [0.15, 0.2) is 71.3 Å². The molecule has 0 saturated heterocycles. The average Bonchev–Trinajstić information content (AvgIpc) is 3.29. The summed E-state index contributed by atoms with van der Waals surface area (Å²) in [7, 11) is 0. The minimum Gasteiger partial charge on any atom is -0.459 e. The van der Waals surface area contributed by atoms with Gasteiger partial charge in [0.2, 0.25) is 0 Å². The number of esters is 1. The van der Waals surface area contributed by atoms with Crippen molar-refractivity contribution in [3.63, 3.8) is 0 Å². The molecule has 31 heavy (non-hydrogen) atoms. The number of nitrogens with one attached hydrogen (secondary N) is 2. The maximum atomic E-state index is 12.6. The highest BCUT2D eigenvalue weighted by Crippen LogP contribution is 2.20. The Kier molecular flexibility index (Phi) is 6.87. The summed E-state index contributed by atoms with van der Waals surface area (Å²) in [6, 6.07) is 17.0. The number of benzene rings is 2. The van der Waals surface area contributed by atoms with Crippen LogP contribution in [0, 0.1) is 0 Å². The number of amides is 2. The Labute approximate surface area is 180 Å². The van der Waals surface area contributed by atoms with Gasteiger partial charge in [-0.3, -0.25) is 9.59 Å². The summed E-state index contributed by atoms with van der Waals surface area (Å²) in [5.74, 6) is -1.19. The van der Waals surface area contributed by atoms with Crippen molar-refractivity contribution in [3.05, 3.63) is 83.8 Å². The Morgan fingerprint density at radius 3 is 2.23 bits per heavy atom. The standard InChI is InChI=1S/C24H24N2O5/c1-15(2)17-10-12-18(13-11-17)25-22(27)16(3)31-24(29)19-7-4-5-8-20(19)26-23(28)21-9-6-14-30-21/h4-16H,1-3H3,(H,25,27)(H,26,28)/t16-/m0/s1. The van der Waals surface area contributed by atoms with Gasteiger partial charge in [0.15, 0.2) is 11.9 Å². The molecule has 1 atom stereocenters. The van der Waals surface area contributed by atoms with Crippen molar-refractivity contribution in [1.82, 2.24) is 0 Å². The maximum absolute atomic E-state index is 12.6. The lowest BCUT2D eigenvalue weighted by Gasteiger charge is -2.15. The number of rotatable bonds is 7. The van der Waals surface area contributed by atoms with Crippen LogP contribution in [0.3, 0.4) is 0 Å². The average molecular weight is 420 g/mol. The zero-order chi connectivity index (χ0) is 22.4. The van der Waals surface area contributed by atoms with Crippen molar-refractivity contribution in [2.24, 2.45) is 0 Å². The zero-order valence-electron chi connectivity index (χ0n) is 17.5. The first-order valence-electron chi connectivity index (χ1n) is 9.91. The molecule has 0 bridgehead atoms. The van der Waals surface area contributed by atoms with Gasteiger partial charge in [-0.2, -0.15) is 0 Å². The Morgan fingerprint density at radius 2 is 1.58 bits per heavy atom. The molecule has 0 spiro atoms. The highest BCUT2D eigenvalue weighted by atomic mass is 16.5. The van der Waals surface area contributed by atoms with Crippen LogP contribution in [0.25, 0.3) is 0 Å². The third kappa shape index (κ3) is 5.60. The fraction of sp³-hybridized carbons (Fsp3) is 0.208. The molecule has 0 radical (unpaired) electrons. The van der Waals surface area contributed by atoms with Crippen LogP contribution in [-0.2, 0) is 9.53 Å². The van der Waals surface area contributed by atoms with Gasteiger partial charge in [0.1, 0.15) is 0 Å². The molecule has 0 fully saturated rings. The molecule has 2 N–H and O–H groups in total. The Hall–Kier alpha value is -3.87. The summed E-state index contributed by atoms with van der Waals surface area (Å²) in [4.78, 5) is 37.3. The Balaban J connectivity index is 1.64. The number of ether oxygens (including phenoxy) is 1. The van der Waals surface area contributed by atoms with Gasteiger partial charge in [0.25, 0.3) is 11.8 Å². The molecular weight excluding hydrogens is 396 g/mol. The second-order valence-electron chi connectivity index (χ2n) is 7.29. The van der Waals surface area contributed by atoms with Gasteiger partial charge in [-0.25, -0.2) is 4.79 Å². The summed E-state index contributed by atoms with van der Waals surface area (Å²) in [5.41, 5.74) is 2.16. The van der Waals surface area contributed by atoms with Gasteiger partial charge in [-0.15, -0.1) is 0 Å². The maximum Gasteiger partial charge on any atom is 0.341 e. The van der Waals surface area contributed by atoms with Gasteiger partial charge >= 0.3 is 5.97 Å². The van der Waals surface area contributed by atoms with Crippen molar-refractivity contribution in [1.29, 1.82) is 0 Å². The van der Waals surface area contributed by atoms with E-state index in [4.69, 9.17) is 9.15 Å². The topological polar surface area (TPSA) is 97.6 Å². The van der Waals surface area contributed by atoms with Gasteiger partial charge in [-0.05, 0) is 54.8 Å². The lowest BCUT2D eigenvalue weighted by Crippen LogP contribution is -2.30. The van der Waals surface area contributed by atoms with Gasteiger partial charge in [-0.1, -0.05) is 38.1 Å². The van der Waals surface area contributed by atoms with E-state index < -0.39 is 23.9 Å². The van der Waals surface area contributed by atoms with Crippen LogP contribution in [0.4, 0.5) is 11.4 Å². The van der Waals surface area contributed by atoms with Gasteiger partial charge in [0.05, 0.1) is 17.5 Å². The molecule has 3 aromatic rings. The first-order chi connectivity index (χ1) is 14.8. The largest absolute Gasteiger partial charge is 0.459 e. The molecule has 0 aliphatic carbocycles. The van der Waals surface area contributed by atoms with Crippen LogP contribution in [-0.4, -0.2) is 23.9 Å². The monoisotopic (exact) mass is 420 g/mol. The van der Waals surface area contributed by atoms with E-state index in [2.05, 4.69) is 24.5 Å². The minimum absolute atomic E-state index is 0.111. The molecule has 0 unspecified atom stereocenters. The van der Waals surface area contributed by atoms with E-state index in [1.807, 2.05) is 12.1 Å². The fourth-order valence-corrected chi connectivity index (χ4v) is 2.83. The lowest BCUT2D eigenvalue weighted by molar-refractivity contribution is -0.123. The summed E-state index contributed by atoms with van der Waals surface area (Å²) < 4.78 is 10.4. The number of hydrogen-bond acceptors (Lipinski definition) is 5. The van der Waals surface area contributed by atoms with Crippen LogP contribution < -0.4 is 10.6 Å². The van der Waals surface area contributed by atoms with Crippen LogP contribution in [0.1, 0.15) is 53.2 Å². The SMILES string of the molecule is CC(C)c1ccc(NC(=O)[C@H](C)OC(=O)c2ccccc2NC(=O)c2ccco2)cc1. The number of hydrogen-bond donors (Lipinski definition) is 2. The quantitative estimate of drug-likeness (QED) is 0.533. The van der Waals surface area contributed by atoms with E-state index in [9.17, 15) is 14.4 Å². The second-order valence-corrected chi connectivity index (χ2v) is 7.29. The summed E-state index contributed by atoms with van der Waals surface area (Å²) in [6.45, 7) is 5.66. The first-order valence-corrected chi connectivity index (χ1v) is 9.91. The number of para-hydroxylation sites is 1. The van der Waals surface area contributed by atoms with Crippen molar-refractivity contribution in [2.75, 3.05) is 10.6 Å². The van der Waals surface area contributed by atoms with Crippen molar-refractivity contribution < 1.29 is 23.5 Å². The number of furan rings is 1. The zero-order valence-corrected chi connectivity index (χ0v) is 17.5. The van der Waals surface area contributed by atoms with Crippen LogP contribution in [0.2, 0.25) is 0 Å². The summed E-state index contributed by atoms with van der Waals surface area (Å²) in [6.07, 6.45) is 0.345. The van der Waals surface area contributed by atoms with E-state index in [0.717, 1.165) is 5.56 Å². The third-order valence-electron chi connectivity index (χ3n) is 4.64. The molecule has 7 heteroatoms. The molecule has 7 nitrogen and oxygen atoms in total. The Morgan fingerprint density at radius 1 is 0.871 bits per heavy atom. The molecule has 0 aliphatic heterocycles. The molecule has 2 amide bonds. The highest BCUT2D eigenvalue weighted by Gasteiger charge is 2.22. The van der Waals surface area contributed by atoms with E-state index in [0.29, 0.717) is 11.6 Å². The fourth-order valence-electron chi connectivity index (χ4n) is 2.83. The molecule has 1 heterocycles. The number of anilines is 2. The Bertz CT molecular complexity index is 1060.